The SMILES string of the molecule is CNC(=O)c1ccc(C2CCNNCC2)cc1. The molecular formula is C13H19N3O. The van der Waals surface area contributed by atoms with E-state index in [4.69, 9.17) is 0 Å². The number of hydrogen-bond acceptors (Lipinski definition) is 3. The molecule has 0 aromatic heterocycles. The van der Waals surface area contributed by atoms with E-state index in [0.717, 1.165) is 31.5 Å². The maximum Gasteiger partial charge on any atom is 0.251 e. The number of hydrazine groups is 1. The van der Waals surface area contributed by atoms with Crippen molar-refractivity contribution in [1.29, 1.82) is 0 Å². The van der Waals surface area contributed by atoms with Crippen LogP contribution in [-0.2, 0) is 0 Å². The fourth-order valence-electron chi connectivity index (χ4n) is 2.20. The second-order valence-electron chi connectivity index (χ2n) is 4.33. The molecule has 0 saturated carbocycles. The zero-order valence-corrected chi connectivity index (χ0v) is 10.1. The molecule has 1 heterocycles. The summed E-state index contributed by atoms with van der Waals surface area (Å²) in [7, 11) is 1.65. The van der Waals surface area contributed by atoms with Crippen LogP contribution >= 0.6 is 0 Å². The molecule has 2 rings (SSSR count). The van der Waals surface area contributed by atoms with E-state index in [1.807, 2.05) is 12.1 Å². The predicted molar refractivity (Wildman–Crippen MR) is 67.8 cm³/mol. The molecule has 3 N–H and O–H groups in total. The van der Waals surface area contributed by atoms with Gasteiger partial charge < -0.3 is 5.32 Å². The Morgan fingerprint density at radius 1 is 1.18 bits per heavy atom. The Kier molecular flexibility index (Phi) is 4.12. The van der Waals surface area contributed by atoms with Gasteiger partial charge >= 0.3 is 0 Å². The van der Waals surface area contributed by atoms with Gasteiger partial charge in [-0.25, -0.2) is 0 Å². The predicted octanol–water partition coefficient (Wildman–Crippen LogP) is 1.02. The summed E-state index contributed by atoms with van der Waals surface area (Å²) >= 11 is 0. The Labute approximate surface area is 102 Å². The fourth-order valence-corrected chi connectivity index (χ4v) is 2.20. The lowest BCUT2D eigenvalue weighted by Gasteiger charge is -2.13. The van der Waals surface area contributed by atoms with Gasteiger partial charge in [0.2, 0.25) is 0 Å². The van der Waals surface area contributed by atoms with E-state index in [-0.39, 0.29) is 5.91 Å². The number of benzene rings is 1. The summed E-state index contributed by atoms with van der Waals surface area (Å²) < 4.78 is 0. The molecule has 92 valence electrons. The average Bonchev–Trinajstić information content (AvgIpc) is 2.67. The fraction of sp³-hybridized carbons (Fsp3) is 0.462. The number of carbonyl (C=O) groups is 1. The number of carbonyl (C=O) groups excluding carboxylic acids is 1. The van der Waals surface area contributed by atoms with Crippen LogP contribution in [0.15, 0.2) is 24.3 Å². The van der Waals surface area contributed by atoms with E-state index < -0.39 is 0 Å². The van der Waals surface area contributed by atoms with Gasteiger partial charge in [-0.3, -0.25) is 15.6 Å². The lowest BCUT2D eigenvalue weighted by molar-refractivity contribution is 0.0963. The van der Waals surface area contributed by atoms with E-state index in [2.05, 4.69) is 28.3 Å². The van der Waals surface area contributed by atoms with Gasteiger partial charge in [0.25, 0.3) is 5.91 Å². The monoisotopic (exact) mass is 233 g/mol. The smallest absolute Gasteiger partial charge is 0.251 e. The lowest BCUT2D eigenvalue weighted by atomic mass is 9.92. The van der Waals surface area contributed by atoms with Crippen molar-refractivity contribution in [3.05, 3.63) is 35.4 Å². The van der Waals surface area contributed by atoms with Gasteiger partial charge in [0.15, 0.2) is 0 Å². The summed E-state index contributed by atoms with van der Waals surface area (Å²) in [4.78, 5) is 11.4. The van der Waals surface area contributed by atoms with Crippen LogP contribution in [0.1, 0.15) is 34.7 Å². The van der Waals surface area contributed by atoms with Crippen molar-refractivity contribution >= 4 is 5.91 Å². The molecule has 0 bridgehead atoms. The van der Waals surface area contributed by atoms with E-state index in [1.165, 1.54) is 5.56 Å². The quantitative estimate of drug-likeness (QED) is 0.715. The number of nitrogens with one attached hydrogen (secondary N) is 3. The van der Waals surface area contributed by atoms with Crippen LogP contribution in [-0.4, -0.2) is 26.0 Å². The molecule has 1 aromatic carbocycles. The molecule has 1 aliphatic heterocycles. The molecule has 0 radical (unpaired) electrons. The topological polar surface area (TPSA) is 53.2 Å². The molecule has 1 amide bonds. The van der Waals surface area contributed by atoms with Crippen molar-refractivity contribution in [2.75, 3.05) is 20.1 Å². The first-order valence-corrected chi connectivity index (χ1v) is 6.09. The number of amides is 1. The minimum Gasteiger partial charge on any atom is -0.355 e. The molecule has 17 heavy (non-hydrogen) atoms. The molecule has 4 heteroatoms. The van der Waals surface area contributed by atoms with Gasteiger partial charge in [0.05, 0.1) is 0 Å². The van der Waals surface area contributed by atoms with E-state index in [0.29, 0.717) is 5.92 Å². The van der Waals surface area contributed by atoms with Crippen molar-refractivity contribution in [2.45, 2.75) is 18.8 Å². The van der Waals surface area contributed by atoms with Crippen LogP contribution in [0.2, 0.25) is 0 Å². The third kappa shape index (κ3) is 3.05. The van der Waals surface area contributed by atoms with Crippen molar-refractivity contribution < 1.29 is 4.79 Å². The molecule has 0 spiro atoms. The lowest BCUT2D eigenvalue weighted by Crippen LogP contribution is -2.30. The van der Waals surface area contributed by atoms with Crippen molar-refractivity contribution in [3.63, 3.8) is 0 Å². The number of rotatable bonds is 2. The molecule has 1 aliphatic rings. The summed E-state index contributed by atoms with van der Waals surface area (Å²) in [5.74, 6) is 0.553. The minimum absolute atomic E-state index is 0.0271. The summed E-state index contributed by atoms with van der Waals surface area (Å²) in [5, 5.41) is 2.63. The van der Waals surface area contributed by atoms with Gasteiger partial charge in [0, 0.05) is 25.7 Å². The van der Waals surface area contributed by atoms with Gasteiger partial charge in [-0.05, 0) is 36.5 Å². The third-order valence-electron chi connectivity index (χ3n) is 3.23. The van der Waals surface area contributed by atoms with Crippen molar-refractivity contribution in [1.82, 2.24) is 16.2 Å². The van der Waals surface area contributed by atoms with E-state index in [9.17, 15) is 4.79 Å². The molecule has 0 atom stereocenters. The Morgan fingerprint density at radius 3 is 2.29 bits per heavy atom. The van der Waals surface area contributed by atoms with E-state index >= 15 is 0 Å². The molecule has 4 nitrogen and oxygen atoms in total. The first kappa shape index (κ1) is 12.1. The first-order valence-electron chi connectivity index (χ1n) is 6.09. The van der Waals surface area contributed by atoms with Crippen LogP contribution in [0, 0.1) is 0 Å². The maximum atomic E-state index is 11.4. The zero-order chi connectivity index (χ0) is 12.1. The highest BCUT2D eigenvalue weighted by Gasteiger charge is 2.14. The van der Waals surface area contributed by atoms with Gasteiger partial charge in [0.1, 0.15) is 0 Å². The highest BCUT2D eigenvalue weighted by molar-refractivity contribution is 5.93. The van der Waals surface area contributed by atoms with Crippen LogP contribution in [0.5, 0.6) is 0 Å². The summed E-state index contributed by atoms with van der Waals surface area (Å²) in [6, 6.07) is 7.95. The second kappa shape index (κ2) is 5.80. The molecule has 0 unspecified atom stereocenters. The van der Waals surface area contributed by atoms with Crippen molar-refractivity contribution in [3.8, 4) is 0 Å². The maximum absolute atomic E-state index is 11.4. The summed E-state index contributed by atoms with van der Waals surface area (Å²) in [6.07, 6.45) is 2.26. The molecule has 0 aliphatic carbocycles. The Bertz CT molecular complexity index is 367. The average molecular weight is 233 g/mol. The Morgan fingerprint density at radius 2 is 1.76 bits per heavy atom. The van der Waals surface area contributed by atoms with Crippen molar-refractivity contribution in [2.24, 2.45) is 0 Å². The van der Waals surface area contributed by atoms with Crippen LogP contribution in [0.3, 0.4) is 0 Å². The van der Waals surface area contributed by atoms with Crippen LogP contribution in [0.25, 0.3) is 0 Å². The largest absolute Gasteiger partial charge is 0.355 e. The summed E-state index contributed by atoms with van der Waals surface area (Å²) in [6.45, 7) is 1.98. The number of hydrogen-bond donors (Lipinski definition) is 3. The first-order chi connectivity index (χ1) is 8.31. The van der Waals surface area contributed by atoms with Gasteiger partial charge in [-0.2, -0.15) is 0 Å². The minimum atomic E-state index is -0.0271. The third-order valence-corrected chi connectivity index (χ3v) is 3.23. The highest BCUT2D eigenvalue weighted by Crippen LogP contribution is 2.23. The standard InChI is InChI=1S/C13H19N3O/c1-14-13(17)12-4-2-10(3-5-12)11-6-8-15-16-9-7-11/h2-5,11,15-16H,6-9H2,1H3,(H,14,17). The van der Waals surface area contributed by atoms with E-state index in [1.54, 1.807) is 7.05 Å². The zero-order valence-electron chi connectivity index (χ0n) is 10.1. The van der Waals surface area contributed by atoms with Gasteiger partial charge in [-0.1, -0.05) is 12.1 Å². The second-order valence-corrected chi connectivity index (χ2v) is 4.33. The molecule has 1 fully saturated rings. The Balaban J connectivity index is 2.08. The van der Waals surface area contributed by atoms with Crippen LogP contribution < -0.4 is 16.2 Å². The molecule has 1 saturated heterocycles. The molecule has 1 aromatic rings. The van der Waals surface area contributed by atoms with Crippen LogP contribution in [0.4, 0.5) is 0 Å². The Hall–Kier alpha value is -1.39. The molecular weight excluding hydrogens is 214 g/mol. The van der Waals surface area contributed by atoms with Gasteiger partial charge in [-0.15, -0.1) is 0 Å². The highest BCUT2D eigenvalue weighted by atomic mass is 16.1. The normalized spacial score (nSPS) is 17.5. The summed E-state index contributed by atoms with van der Waals surface area (Å²) in [5.41, 5.74) is 8.39.